The molecular formula is C25H23Cl2N3O2S. The Hall–Kier alpha value is -2.43. The van der Waals surface area contributed by atoms with Gasteiger partial charge in [-0.15, -0.1) is 11.8 Å². The topological polar surface area (TPSA) is 58.4 Å². The van der Waals surface area contributed by atoms with Crippen LogP contribution in [-0.4, -0.2) is 37.7 Å². The average Bonchev–Trinajstić information content (AvgIpc) is 2.83. The normalized spacial score (nSPS) is 13.3. The quantitative estimate of drug-likeness (QED) is 0.375. The van der Waals surface area contributed by atoms with Crippen LogP contribution in [0.5, 0.6) is 11.5 Å². The summed E-state index contributed by atoms with van der Waals surface area (Å²) in [4.78, 5) is 7.18. The summed E-state index contributed by atoms with van der Waals surface area (Å²) in [6, 6.07) is 13.7. The zero-order chi connectivity index (χ0) is 23.5. The van der Waals surface area contributed by atoms with Gasteiger partial charge in [0.25, 0.3) is 0 Å². The number of benzene rings is 2. The minimum atomic E-state index is 0.513. The van der Waals surface area contributed by atoms with Crippen LogP contribution in [0.1, 0.15) is 22.4 Å². The average molecular weight is 500 g/mol. The molecule has 0 unspecified atom stereocenters. The lowest BCUT2D eigenvalue weighted by molar-refractivity contribution is 0.309. The van der Waals surface area contributed by atoms with Crippen molar-refractivity contribution < 1.29 is 9.47 Å². The molecule has 0 saturated carbocycles. The van der Waals surface area contributed by atoms with E-state index in [0.29, 0.717) is 44.4 Å². The molecule has 0 radical (unpaired) electrons. The zero-order valence-electron chi connectivity index (χ0n) is 18.6. The minimum Gasteiger partial charge on any atom is -0.497 e. The van der Waals surface area contributed by atoms with Gasteiger partial charge in [0.2, 0.25) is 0 Å². The summed E-state index contributed by atoms with van der Waals surface area (Å²) in [5.41, 5.74) is 5.33. The molecule has 170 valence electrons. The molecule has 33 heavy (non-hydrogen) atoms. The van der Waals surface area contributed by atoms with Gasteiger partial charge in [0.15, 0.2) is 0 Å². The number of nitrogens with zero attached hydrogens (tertiary/aromatic N) is 3. The molecular weight excluding hydrogens is 477 g/mol. The molecule has 0 amide bonds. The molecule has 1 aromatic heterocycles. The molecule has 0 spiro atoms. The van der Waals surface area contributed by atoms with Crippen molar-refractivity contribution in [3.63, 3.8) is 0 Å². The lowest BCUT2D eigenvalue weighted by atomic mass is 9.91. The van der Waals surface area contributed by atoms with Crippen LogP contribution in [-0.2, 0) is 18.7 Å². The highest BCUT2D eigenvalue weighted by Crippen LogP contribution is 2.42. The lowest BCUT2D eigenvalue weighted by Gasteiger charge is -2.28. The molecule has 0 N–H and O–H groups in total. The number of hydrogen-bond acceptors (Lipinski definition) is 6. The van der Waals surface area contributed by atoms with Crippen LogP contribution in [0.25, 0.3) is 11.1 Å². The van der Waals surface area contributed by atoms with Gasteiger partial charge < -0.3 is 14.4 Å². The molecule has 4 rings (SSSR count). The molecule has 5 nitrogen and oxygen atoms in total. The third-order valence-corrected chi connectivity index (χ3v) is 7.44. The molecule has 0 aliphatic carbocycles. The molecule has 2 aromatic carbocycles. The van der Waals surface area contributed by atoms with Gasteiger partial charge in [0, 0.05) is 42.1 Å². The molecule has 0 atom stereocenters. The maximum absolute atomic E-state index is 10.3. The predicted octanol–water partition coefficient (Wildman–Crippen LogP) is 6.22. The van der Waals surface area contributed by atoms with E-state index in [4.69, 9.17) is 37.7 Å². The van der Waals surface area contributed by atoms with E-state index in [0.717, 1.165) is 40.9 Å². The number of methoxy groups -OCH3 is 2. The van der Waals surface area contributed by atoms with Gasteiger partial charge in [0.05, 0.1) is 29.8 Å². The first-order chi connectivity index (χ1) is 15.9. The van der Waals surface area contributed by atoms with E-state index in [1.807, 2.05) is 30.3 Å². The molecule has 0 bridgehead atoms. The first kappa shape index (κ1) is 23.7. The summed E-state index contributed by atoms with van der Waals surface area (Å²) < 4.78 is 11.2. The van der Waals surface area contributed by atoms with Gasteiger partial charge in [-0.2, -0.15) is 5.26 Å². The Morgan fingerprint density at radius 3 is 2.64 bits per heavy atom. The van der Waals surface area contributed by atoms with E-state index in [1.165, 1.54) is 11.8 Å². The van der Waals surface area contributed by atoms with Crippen LogP contribution >= 0.6 is 35.0 Å². The van der Waals surface area contributed by atoms with Crippen LogP contribution in [0.3, 0.4) is 0 Å². The van der Waals surface area contributed by atoms with Gasteiger partial charge in [-0.25, -0.2) is 4.98 Å². The monoisotopic (exact) mass is 499 g/mol. The highest BCUT2D eigenvalue weighted by molar-refractivity contribution is 7.98. The SMILES string of the molecule is COc1ccc(OC)c(-c2c(C#N)c(SCc3ccc(Cl)c(Cl)c3)nc3c2CN(C)CC3)c1. The van der Waals surface area contributed by atoms with Crippen LogP contribution in [0.15, 0.2) is 41.4 Å². The Bertz CT molecular complexity index is 1240. The van der Waals surface area contributed by atoms with Gasteiger partial charge in [-0.3, -0.25) is 0 Å². The fraction of sp³-hybridized carbons (Fsp3) is 0.280. The van der Waals surface area contributed by atoms with Crippen LogP contribution in [0.2, 0.25) is 10.0 Å². The van der Waals surface area contributed by atoms with Crippen molar-refractivity contribution >= 4 is 35.0 Å². The van der Waals surface area contributed by atoms with E-state index < -0.39 is 0 Å². The van der Waals surface area contributed by atoms with Crippen LogP contribution in [0, 0.1) is 11.3 Å². The van der Waals surface area contributed by atoms with Crippen molar-refractivity contribution in [2.24, 2.45) is 0 Å². The Kier molecular flexibility index (Phi) is 7.35. The molecule has 2 heterocycles. The molecule has 1 aliphatic rings. The number of aromatic nitrogens is 1. The number of halogens is 2. The second-order valence-corrected chi connectivity index (χ2v) is 9.57. The van der Waals surface area contributed by atoms with Crippen molar-refractivity contribution in [2.45, 2.75) is 23.7 Å². The van der Waals surface area contributed by atoms with Crippen LogP contribution in [0.4, 0.5) is 0 Å². The zero-order valence-corrected chi connectivity index (χ0v) is 20.9. The summed E-state index contributed by atoms with van der Waals surface area (Å²) in [7, 11) is 5.34. The van der Waals surface area contributed by atoms with E-state index in [2.05, 4.69) is 18.0 Å². The summed E-state index contributed by atoms with van der Waals surface area (Å²) in [5.74, 6) is 2.01. The van der Waals surface area contributed by atoms with Gasteiger partial charge in [-0.05, 0) is 48.5 Å². The number of likely N-dealkylation sites (N-methyl/N-ethyl adjacent to an activating group) is 1. The third kappa shape index (κ3) is 4.92. The van der Waals surface area contributed by atoms with Crippen LogP contribution < -0.4 is 9.47 Å². The highest BCUT2D eigenvalue weighted by Gasteiger charge is 2.27. The maximum Gasteiger partial charge on any atom is 0.127 e. The van der Waals surface area contributed by atoms with E-state index in [1.54, 1.807) is 20.3 Å². The largest absolute Gasteiger partial charge is 0.497 e. The summed E-state index contributed by atoms with van der Waals surface area (Å²) in [6.45, 7) is 1.63. The number of thioether (sulfide) groups is 1. The molecule has 8 heteroatoms. The van der Waals surface area contributed by atoms with E-state index >= 15 is 0 Å². The lowest BCUT2D eigenvalue weighted by Crippen LogP contribution is -2.28. The number of pyridine rings is 1. The smallest absolute Gasteiger partial charge is 0.127 e. The molecule has 3 aromatic rings. The standard InChI is InChI=1S/C25H23Cl2N3O2S/c1-30-9-8-22-19(13-30)24(17-11-16(31-2)5-7-23(17)32-3)18(12-28)25(29-22)33-14-15-4-6-20(26)21(27)10-15/h4-7,10-11H,8-9,13-14H2,1-3H3. The summed E-state index contributed by atoms with van der Waals surface area (Å²) in [5, 5.41) is 12.0. The second-order valence-electron chi connectivity index (χ2n) is 7.80. The van der Waals surface area contributed by atoms with Crippen molar-refractivity contribution in [2.75, 3.05) is 27.8 Å². The van der Waals surface area contributed by atoms with E-state index in [-0.39, 0.29) is 0 Å². The van der Waals surface area contributed by atoms with Crippen molar-refractivity contribution in [3.8, 4) is 28.7 Å². The van der Waals surface area contributed by atoms with Crippen molar-refractivity contribution in [1.82, 2.24) is 9.88 Å². The van der Waals surface area contributed by atoms with E-state index in [9.17, 15) is 5.26 Å². The Morgan fingerprint density at radius 2 is 1.94 bits per heavy atom. The number of fused-ring (bicyclic) bond motifs is 1. The van der Waals surface area contributed by atoms with Gasteiger partial charge in [-0.1, -0.05) is 29.3 Å². The minimum absolute atomic E-state index is 0.513. The third-order valence-electron chi connectivity index (χ3n) is 5.66. The fourth-order valence-electron chi connectivity index (χ4n) is 3.97. The molecule has 0 saturated heterocycles. The van der Waals surface area contributed by atoms with Crippen molar-refractivity contribution in [1.29, 1.82) is 5.26 Å². The number of nitriles is 1. The molecule has 1 aliphatic heterocycles. The number of ether oxygens (including phenoxy) is 2. The maximum atomic E-state index is 10.3. The summed E-state index contributed by atoms with van der Waals surface area (Å²) >= 11 is 13.8. The molecule has 0 fully saturated rings. The highest BCUT2D eigenvalue weighted by atomic mass is 35.5. The number of hydrogen-bond donors (Lipinski definition) is 0. The Labute approximate surface area is 208 Å². The Morgan fingerprint density at radius 1 is 1.12 bits per heavy atom. The first-order valence-electron chi connectivity index (χ1n) is 10.4. The van der Waals surface area contributed by atoms with Crippen molar-refractivity contribution in [3.05, 3.63) is 68.8 Å². The predicted molar refractivity (Wildman–Crippen MR) is 134 cm³/mol. The van der Waals surface area contributed by atoms with Gasteiger partial charge >= 0.3 is 0 Å². The Balaban J connectivity index is 1.86. The second kappa shape index (κ2) is 10.2. The first-order valence-corrected chi connectivity index (χ1v) is 12.1. The summed E-state index contributed by atoms with van der Waals surface area (Å²) in [6.07, 6.45) is 0.817. The number of rotatable bonds is 6. The fourth-order valence-corrected chi connectivity index (χ4v) is 5.24. The van der Waals surface area contributed by atoms with Gasteiger partial charge in [0.1, 0.15) is 22.6 Å².